The molecule has 3 N–H and O–H groups in total. The van der Waals surface area contributed by atoms with E-state index >= 15 is 0 Å². The fourth-order valence-electron chi connectivity index (χ4n) is 2.47. The molecule has 7 nitrogen and oxygen atoms in total. The molecule has 0 aliphatic carbocycles. The lowest BCUT2D eigenvalue weighted by atomic mass is 10.1. The van der Waals surface area contributed by atoms with Crippen molar-refractivity contribution in [2.75, 3.05) is 5.32 Å². The maximum atomic E-state index is 12.6. The number of rotatable bonds is 2. The van der Waals surface area contributed by atoms with Crippen LogP contribution in [0.3, 0.4) is 0 Å². The van der Waals surface area contributed by atoms with Crippen LogP contribution in [0.4, 0.5) is 5.69 Å². The summed E-state index contributed by atoms with van der Waals surface area (Å²) >= 11 is 0. The molecule has 2 heterocycles. The minimum atomic E-state index is -0.654. The summed E-state index contributed by atoms with van der Waals surface area (Å²) in [5.74, 6) is 0.546. The Morgan fingerprint density at radius 2 is 2.09 bits per heavy atom. The lowest BCUT2D eigenvalue weighted by Gasteiger charge is -2.32. The topological polar surface area (TPSA) is 85.8 Å². The third-order valence-corrected chi connectivity index (χ3v) is 3.79. The zero-order chi connectivity index (χ0) is 16.6. The van der Waals surface area contributed by atoms with Crippen LogP contribution in [0.1, 0.15) is 25.8 Å². The molecule has 0 spiro atoms. The summed E-state index contributed by atoms with van der Waals surface area (Å²) in [6.07, 6.45) is 0.0692. The minimum absolute atomic E-state index is 0.0692. The van der Waals surface area contributed by atoms with Gasteiger partial charge in [0.1, 0.15) is 11.9 Å². The number of carbonyl (C=O) groups is 2. The van der Waals surface area contributed by atoms with Gasteiger partial charge in [-0.1, -0.05) is 18.2 Å². The van der Waals surface area contributed by atoms with E-state index in [9.17, 15) is 9.59 Å². The third-order valence-electron chi connectivity index (χ3n) is 3.79. The van der Waals surface area contributed by atoms with Crippen LogP contribution in [0.15, 0.2) is 40.7 Å². The Balaban J connectivity index is 1.83. The van der Waals surface area contributed by atoms with Crippen molar-refractivity contribution in [2.24, 2.45) is 4.99 Å². The van der Waals surface area contributed by atoms with Crippen molar-refractivity contribution in [3.8, 4) is 0 Å². The van der Waals surface area contributed by atoms with Crippen molar-refractivity contribution in [3.05, 3.63) is 41.2 Å². The van der Waals surface area contributed by atoms with Crippen LogP contribution in [-0.2, 0) is 9.59 Å². The Bertz CT molecular complexity index is 734. The average molecular weight is 313 g/mol. The average Bonchev–Trinajstić information content (AvgIpc) is 2.92. The highest BCUT2D eigenvalue weighted by Crippen LogP contribution is 2.20. The van der Waals surface area contributed by atoms with Gasteiger partial charge in [-0.15, -0.1) is 0 Å². The van der Waals surface area contributed by atoms with E-state index in [1.54, 1.807) is 5.01 Å². The van der Waals surface area contributed by atoms with E-state index in [2.05, 4.69) is 21.1 Å². The second kappa shape index (κ2) is 5.75. The molecule has 2 aliphatic rings. The van der Waals surface area contributed by atoms with Gasteiger partial charge in [0.05, 0.1) is 6.42 Å². The second-order valence-electron chi connectivity index (χ2n) is 5.84. The number of hydrazine groups is 1. The van der Waals surface area contributed by atoms with Gasteiger partial charge in [0, 0.05) is 5.69 Å². The number of amides is 2. The lowest BCUT2D eigenvalue weighted by Crippen LogP contribution is -2.61. The number of aliphatic imine (C=N–C) groups is 1. The number of hydrogen-bond donors (Lipinski definition) is 3. The molecular formula is C16H19N5O2. The number of hydrogen-bond acceptors (Lipinski definition) is 5. The molecule has 0 saturated carbocycles. The van der Waals surface area contributed by atoms with E-state index in [1.165, 1.54) is 0 Å². The first-order chi connectivity index (χ1) is 11.0. The number of anilines is 1. The summed E-state index contributed by atoms with van der Waals surface area (Å²) in [6.45, 7) is 5.75. The summed E-state index contributed by atoms with van der Waals surface area (Å²) in [4.78, 5) is 28.8. The fourth-order valence-corrected chi connectivity index (χ4v) is 2.47. The summed E-state index contributed by atoms with van der Waals surface area (Å²) in [6, 6.07) is 6.87. The summed E-state index contributed by atoms with van der Waals surface area (Å²) in [5, 5.41) is 7.18. The Labute approximate surface area is 134 Å². The maximum Gasteiger partial charge on any atom is 0.249 e. The molecule has 0 aromatic heterocycles. The standard InChI is InChI=1S/C16H19N5O2/c1-9(2)14-19-16-18-13(22)8-12(21(16)20-14)15(23)17-11-7-5-4-6-10(11)3/h4-7,12,20H,8H2,1-3H3,(H,17,23)(H,18,19,22). The van der Waals surface area contributed by atoms with Gasteiger partial charge in [-0.3, -0.25) is 20.3 Å². The number of guanidine groups is 1. The van der Waals surface area contributed by atoms with E-state index in [0.29, 0.717) is 11.8 Å². The van der Waals surface area contributed by atoms with Crippen molar-refractivity contribution >= 4 is 23.5 Å². The molecule has 1 fully saturated rings. The molecule has 7 heteroatoms. The highest BCUT2D eigenvalue weighted by atomic mass is 16.2. The van der Waals surface area contributed by atoms with E-state index in [0.717, 1.165) is 16.8 Å². The van der Waals surface area contributed by atoms with Gasteiger partial charge in [0.15, 0.2) is 0 Å². The number of para-hydroxylation sites is 1. The molecule has 0 radical (unpaired) electrons. The molecule has 1 atom stereocenters. The van der Waals surface area contributed by atoms with Crippen LogP contribution in [0.25, 0.3) is 0 Å². The van der Waals surface area contributed by atoms with Crippen molar-refractivity contribution in [1.29, 1.82) is 0 Å². The largest absolute Gasteiger partial charge is 0.324 e. The predicted octanol–water partition coefficient (Wildman–Crippen LogP) is 1.25. The number of allylic oxidation sites excluding steroid dienone is 1. The molecule has 1 aromatic carbocycles. The van der Waals surface area contributed by atoms with E-state index in [4.69, 9.17) is 0 Å². The molecular weight excluding hydrogens is 294 g/mol. The summed E-state index contributed by atoms with van der Waals surface area (Å²) in [5.41, 5.74) is 5.76. The quantitative estimate of drug-likeness (QED) is 0.767. The Morgan fingerprint density at radius 1 is 1.35 bits per heavy atom. The highest BCUT2D eigenvalue weighted by molar-refractivity contribution is 6.07. The number of aryl methyl sites for hydroxylation is 1. The Kier molecular flexibility index (Phi) is 3.77. The SMILES string of the molecule is CC(C)=C1N=C2NC(=O)CC(C(=O)Nc3ccccc3C)N2N1. The van der Waals surface area contributed by atoms with Crippen LogP contribution in [0.2, 0.25) is 0 Å². The Morgan fingerprint density at radius 3 is 2.78 bits per heavy atom. The van der Waals surface area contributed by atoms with Crippen molar-refractivity contribution in [3.63, 3.8) is 0 Å². The van der Waals surface area contributed by atoms with Gasteiger partial charge in [0.25, 0.3) is 0 Å². The van der Waals surface area contributed by atoms with Gasteiger partial charge in [0.2, 0.25) is 17.8 Å². The normalized spacial score (nSPS) is 19.5. The number of fused-ring (bicyclic) bond motifs is 1. The van der Waals surface area contributed by atoms with E-state index in [-0.39, 0.29) is 18.2 Å². The second-order valence-corrected chi connectivity index (χ2v) is 5.84. The van der Waals surface area contributed by atoms with Crippen LogP contribution >= 0.6 is 0 Å². The van der Waals surface area contributed by atoms with Crippen molar-refractivity contribution in [1.82, 2.24) is 15.8 Å². The molecule has 120 valence electrons. The first kappa shape index (κ1) is 15.1. The van der Waals surface area contributed by atoms with Crippen LogP contribution in [-0.4, -0.2) is 28.8 Å². The first-order valence-corrected chi connectivity index (χ1v) is 7.44. The summed E-state index contributed by atoms with van der Waals surface area (Å²) < 4.78 is 0. The number of carbonyl (C=O) groups excluding carboxylic acids is 2. The van der Waals surface area contributed by atoms with Gasteiger partial charge >= 0.3 is 0 Å². The number of nitrogens with one attached hydrogen (secondary N) is 3. The van der Waals surface area contributed by atoms with Gasteiger partial charge < -0.3 is 5.32 Å². The minimum Gasteiger partial charge on any atom is -0.324 e. The van der Waals surface area contributed by atoms with Gasteiger partial charge in [-0.2, -0.15) is 4.99 Å². The monoisotopic (exact) mass is 313 g/mol. The molecule has 1 unspecified atom stereocenters. The molecule has 2 amide bonds. The molecule has 1 aromatic rings. The molecule has 2 aliphatic heterocycles. The van der Waals surface area contributed by atoms with Crippen LogP contribution in [0, 0.1) is 6.92 Å². The van der Waals surface area contributed by atoms with E-state index < -0.39 is 6.04 Å². The summed E-state index contributed by atoms with van der Waals surface area (Å²) in [7, 11) is 0. The molecule has 1 saturated heterocycles. The van der Waals surface area contributed by atoms with Crippen molar-refractivity contribution in [2.45, 2.75) is 33.2 Å². The van der Waals surface area contributed by atoms with Gasteiger partial charge in [-0.25, -0.2) is 5.01 Å². The van der Waals surface area contributed by atoms with E-state index in [1.807, 2.05) is 45.0 Å². The van der Waals surface area contributed by atoms with Crippen LogP contribution in [0.5, 0.6) is 0 Å². The van der Waals surface area contributed by atoms with Gasteiger partial charge in [-0.05, 0) is 38.0 Å². The number of benzene rings is 1. The molecule has 23 heavy (non-hydrogen) atoms. The van der Waals surface area contributed by atoms with Crippen molar-refractivity contribution < 1.29 is 9.59 Å². The molecule has 3 rings (SSSR count). The lowest BCUT2D eigenvalue weighted by molar-refractivity contribution is -0.129. The predicted molar refractivity (Wildman–Crippen MR) is 87.1 cm³/mol. The smallest absolute Gasteiger partial charge is 0.249 e. The van der Waals surface area contributed by atoms with Crippen LogP contribution < -0.4 is 16.1 Å². The Hall–Kier alpha value is -2.83. The zero-order valence-corrected chi connectivity index (χ0v) is 13.3. The number of nitrogens with zero attached hydrogens (tertiary/aromatic N) is 2. The zero-order valence-electron chi connectivity index (χ0n) is 13.3. The first-order valence-electron chi connectivity index (χ1n) is 7.44. The maximum absolute atomic E-state index is 12.6. The fraction of sp³-hybridized carbons (Fsp3) is 0.312. The molecule has 0 bridgehead atoms. The third kappa shape index (κ3) is 2.90. The highest BCUT2D eigenvalue weighted by Gasteiger charge is 2.39.